The van der Waals surface area contributed by atoms with Crippen LogP contribution in [0.15, 0.2) is 22.7 Å². The minimum Gasteiger partial charge on any atom is -0.496 e. The van der Waals surface area contributed by atoms with E-state index in [1.54, 1.807) is 25.3 Å². The van der Waals surface area contributed by atoms with E-state index in [1.165, 1.54) is 0 Å². The molecule has 1 heterocycles. The standard InChI is InChI=1S/C13H15ClN2O3/c1-3-4-10(17)12-15-13(19-16-12)9-7-8(14)5-6-11(9)18-2/h5-7,10,17H,3-4H2,1-2H3. The Balaban J connectivity index is 2.34. The zero-order chi connectivity index (χ0) is 13.8. The second-order valence-electron chi connectivity index (χ2n) is 4.11. The van der Waals surface area contributed by atoms with Crippen LogP contribution in [0.4, 0.5) is 0 Å². The Morgan fingerprint density at radius 3 is 2.95 bits per heavy atom. The lowest BCUT2D eigenvalue weighted by Crippen LogP contribution is -1.99. The van der Waals surface area contributed by atoms with Crippen LogP contribution in [-0.2, 0) is 0 Å². The summed E-state index contributed by atoms with van der Waals surface area (Å²) in [6.07, 6.45) is 0.713. The molecule has 2 rings (SSSR count). The zero-order valence-corrected chi connectivity index (χ0v) is 11.5. The molecule has 6 heteroatoms. The van der Waals surface area contributed by atoms with Crippen LogP contribution in [0.25, 0.3) is 11.5 Å². The van der Waals surface area contributed by atoms with E-state index in [-0.39, 0.29) is 11.7 Å². The molecule has 0 amide bonds. The summed E-state index contributed by atoms with van der Waals surface area (Å²) in [6.45, 7) is 1.98. The van der Waals surface area contributed by atoms with E-state index in [1.807, 2.05) is 6.92 Å². The van der Waals surface area contributed by atoms with Gasteiger partial charge in [0, 0.05) is 5.02 Å². The monoisotopic (exact) mass is 282 g/mol. The lowest BCUT2D eigenvalue weighted by atomic mass is 10.2. The molecule has 0 fully saturated rings. The van der Waals surface area contributed by atoms with E-state index in [9.17, 15) is 5.11 Å². The number of halogens is 1. The fourth-order valence-corrected chi connectivity index (χ4v) is 1.90. The van der Waals surface area contributed by atoms with Gasteiger partial charge in [-0.3, -0.25) is 0 Å². The van der Waals surface area contributed by atoms with Crippen LogP contribution in [0, 0.1) is 0 Å². The Labute approximate surface area is 116 Å². The molecule has 0 saturated carbocycles. The van der Waals surface area contributed by atoms with Gasteiger partial charge in [-0.05, 0) is 24.6 Å². The van der Waals surface area contributed by atoms with Crippen LogP contribution in [-0.4, -0.2) is 22.4 Å². The van der Waals surface area contributed by atoms with Gasteiger partial charge >= 0.3 is 0 Å². The van der Waals surface area contributed by atoms with Crippen LogP contribution in [0.5, 0.6) is 5.75 Å². The summed E-state index contributed by atoms with van der Waals surface area (Å²) in [5, 5.41) is 14.1. The number of nitrogens with zero attached hydrogens (tertiary/aromatic N) is 2. The fraction of sp³-hybridized carbons (Fsp3) is 0.385. The first-order valence-electron chi connectivity index (χ1n) is 6.01. The van der Waals surface area contributed by atoms with Crippen LogP contribution in [0.3, 0.4) is 0 Å². The number of ether oxygens (including phenoxy) is 1. The molecule has 1 unspecified atom stereocenters. The first kappa shape index (κ1) is 13.8. The Bertz CT molecular complexity index is 557. The summed E-state index contributed by atoms with van der Waals surface area (Å²) in [7, 11) is 1.55. The number of rotatable bonds is 5. The second kappa shape index (κ2) is 6.04. The van der Waals surface area contributed by atoms with Crippen LogP contribution in [0.2, 0.25) is 5.02 Å². The normalized spacial score (nSPS) is 12.4. The quantitative estimate of drug-likeness (QED) is 0.912. The molecule has 102 valence electrons. The summed E-state index contributed by atoms with van der Waals surface area (Å²) in [5.74, 6) is 1.15. The maximum Gasteiger partial charge on any atom is 0.261 e. The minimum absolute atomic E-state index is 0.277. The molecule has 0 aliphatic carbocycles. The van der Waals surface area contributed by atoms with Crippen molar-refractivity contribution in [1.29, 1.82) is 0 Å². The van der Waals surface area contributed by atoms with Crippen molar-refractivity contribution in [3.8, 4) is 17.2 Å². The van der Waals surface area contributed by atoms with E-state index in [2.05, 4.69) is 10.1 Å². The summed E-state index contributed by atoms with van der Waals surface area (Å²) in [4.78, 5) is 4.18. The zero-order valence-electron chi connectivity index (χ0n) is 10.8. The van der Waals surface area contributed by atoms with E-state index in [4.69, 9.17) is 20.9 Å². The molecule has 0 aliphatic heterocycles. The average Bonchev–Trinajstić information content (AvgIpc) is 2.88. The Kier molecular flexibility index (Phi) is 4.39. The van der Waals surface area contributed by atoms with Crippen molar-refractivity contribution in [3.63, 3.8) is 0 Å². The molecule has 1 atom stereocenters. The topological polar surface area (TPSA) is 68.4 Å². The highest BCUT2D eigenvalue weighted by molar-refractivity contribution is 6.30. The molecule has 0 saturated heterocycles. The van der Waals surface area contributed by atoms with E-state index in [0.717, 1.165) is 6.42 Å². The van der Waals surface area contributed by atoms with Gasteiger partial charge in [0.25, 0.3) is 5.89 Å². The lowest BCUT2D eigenvalue weighted by molar-refractivity contribution is 0.153. The summed E-state index contributed by atoms with van der Waals surface area (Å²) < 4.78 is 10.4. The Hall–Kier alpha value is -1.59. The Morgan fingerprint density at radius 2 is 2.26 bits per heavy atom. The molecule has 5 nitrogen and oxygen atoms in total. The smallest absolute Gasteiger partial charge is 0.261 e. The number of benzene rings is 1. The van der Waals surface area contributed by atoms with E-state index < -0.39 is 6.10 Å². The highest BCUT2D eigenvalue weighted by atomic mass is 35.5. The predicted molar refractivity (Wildman–Crippen MR) is 71.2 cm³/mol. The van der Waals surface area contributed by atoms with Crippen LogP contribution in [0.1, 0.15) is 31.7 Å². The summed E-state index contributed by atoms with van der Waals surface area (Å²) >= 11 is 5.95. The first-order chi connectivity index (χ1) is 9.15. The molecule has 1 aromatic carbocycles. The van der Waals surface area contributed by atoms with Gasteiger partial charge in [-0.2, -0.15) is 4.98 Å². The van der Waals surface area contributed by atoms with Crippen molar-refractivity contribution in [2.75, 3.05) is 7.11 Å². The molecule has 19 heavy (non-hydrogen) atoms. The number of aliphatic hydroxyl groups is 1. The number of hydrogen-bond acceptors (Lipinski definition) is 5. The molecular weight excluding hydrogens is 268 g/mol. The highest BCUT2D eigenvalue weighted by Crippen LogP contribution is 2.32. The lowest BCUT2D eigenvalue weighted by Gasteiger charge is -2.04. The van der Waals surface area contributed by atoms with Gasteiger partial charge in [0.15, 0.2) is 0 Å². The average molecular weight is 283 g/mol. The molecule has 1 aromatic heterocycles. The minimum atomic E-state index is -0.715. The number of hydrogen-bond donors (Lipinski definition) is 1. The number of methoxy groups -OCH3 is 1. The fourth-order valence-electron chi connectivity index (χ4n) is 1.73. The SMILES string of the molecule is CCCC(O)c1noc(-c2cc(Cl)ccc2OC)n1. The molecule has 0 spiro atoms. The van der Waals surface area contributed by atoms with Gasteiger partial charge in [0.05, 0.1) is 12.7 Å². The van der Waals surface area contributed by atoms with E-state index >= 15 is 0 Å². The van der Waals surface area contributed by atoms with Gasteiger partial charge in [-0.25, -0.2) is 0 Å². The molecule has 0 radical (unpaired) electrons. The summed E-state index contributed by atoms with van der Waals surface area (Å²) in [6, 6.07) is 5.13. The third kappa shape index (κ3) is 3.05. The molecule has 1 N–H and O–H groups in total. The first-order valence-corrected chi connectivity index (χ1v) is 6.39. The van der Waals surface area contributed by atoms with Crippen LogP contribution < -0.4 is 4.74 Å². The summed E-state index contributed by atoms with van der Waals surface area (Å²) in [5.41, 5.74) is 0.609. The van der Waals surface area contributed by atoms with Crippen molar-refractivity contribution < 1.29 is 14.4 Å². The molecule has 2 aromatic rings. The van der Waals surface area contributed by atoms with Crippen molar-refractivity contribution >= 4 is 11.6 Å². The van der Waals surface area contributed by atoms with Gasteiger partial charge in [-0.1, -0.05) is 30.1 Å². The van der Waals surface area contributed by atoms with Crippen molar-refractivity contribution in [1.82, 2.24) is 10.1 Å². The molecule has 0 aliphatic rings. The maximum atomic E-state index is 9.82. The molecular formula is C13H15ClN2O3. The number of aliphatic hydroxyl groups excluding tert-OH is 1. The predicted octanol–water partition coefficient (Wildman–Crippen LogP) is 3.23. The molecule has 0 bridgehead atoms. The van der Waals surface area contributed by atoms with Gasteiger partial charge in [-0.15, -0.1) is 0 Å². The van der Waals surface area contributed by atoms with Crippen molar-refractivity contribution in [3.05, 3.63) is 29.0 Å². The third-order valence-electron chi connectivity index (χ3n) is 2.69. The highest BCUT2D eigenvalue weighted by Gasteiger charge is 2.18. The maximum absolute atomic E-state index is 9.82. The third-order valence-corrected chi connectivity index (χ3v) is 2.93. The van der Waals surface area contributed by atoms with Gasteiger partial charge < -0.3 is 14.4 Å². The van der Waals surface area contributed by atoms with E-state index in [0.29, 0.717) is 22.8 Å². The van der Waals surface area contributed by atoms with Crippen LogP contribution >= 0.6 is 11.6 Å². The van der Waals surface area contributed by atoms with Crippen molar-refractivity contribution in [2.45, 2.75) is 25.9 Å². The number of aromatic nitrogens is 2. The Morgan fingerprint density at radius 1 is 1.47 bits per heavy atom. The second-order valence-corrected chi connectivity index (χ2v) is 4.54. The van der Waals surface area contributed by atoms with Gasteiger partial charge in [0.2, 0.25) is 5.82 Å². The van der Waals surface area contributed by atoms with Gasteiger partial charge in [0.1, 0.15) is 11.9 Å². The van der Waals surface area contributed by atoms with Crippen molar-refractivity contribution in [2.24, 2.45) is 0 Å². The largest absolute Gasteiger partial charge is 0.496 e.